The second-order valence-electron chi connectivity index (χ2n) is 7.72. The molecule has 0 aromatic carbocycles. The zero-order valence-electron chi connectivity index (χ0n) is 17.9. The van der Waals surface area contributed by atoms with Crippen LogP contribution in [0.1, 0.15) is 31.9 Å². The standard InChI is InChI=1S/C19H28N6O8/c1-9(26)15(25-16(29)11-3-2-4-21-11)18(31)23-12(5-10-7-20-8-22-10)17(30)24-13(19(32)33)6-14(27)28/h7-9,11-13,15,21,26H,2-6H2,1H3,(H,20,22)(H,23,31)(H,24,30)(H,25,29)(H,27,28)(H,32,33). The Balaban J connectivity index is 2.14. The number of hydrogen-bond donors (Lipinski definition) is 8. The van der Waals surface area contributed by atoms with Gasteiger partial charge in [0.1, 0.15) is 18.1 Å². The molecule has 1 aliphatic heterocycles. The van der Waals surface area contributed by atoms with Crippen LogP contribution in [0.4, 0.5) is 0 Å². The van der Waals surface area contributed by atoms with Gasteiger partial charge in [0, 0.05) is 18.3 Å². The largest absolute Gasteiger partial charge is 0.481 e. The molecule has 5 unspecified atom stereocenters. The van der Waals surface area contributed by atoms with E-state index in [4.69, 9.17) is 5.11 Å². The molecule has 2 rings (SSSR count). The van der Waals surface area contributed by atoms with Crippen LogP contribution in [0.3, 0.4) is 0 Å². The third kappa shape index (κ3) is 7.84. The molecule has 14 heteroatoms. The summed E-state index contributed by atoms with van der Waals surface area (Å²) in [6.45, 7) is 1.95. The number of rotatable bonds is 12. The Hall–Kier alpha value is -3.52. The molecular weight excluding hydrogens is 440 g/mol. The van der Waals surface area contributed by atoms with Gasteiger partial charge in [0.25, 0.3) is 0 Å². The number of aliphatic hydroxyl groups excluding tert-OH is 1. The average molecular weight is 468 g/mol. The molecule has 33 heavy (non-hydrogen) atoms. The molecule has 0 aliphatic carbocycles. The van der Waals surface area contributed by atoms with Gasteiger partial charge < -0.3 is 41.6 Å². The summed E-state index contributed by atoms with van der Waals surface area (Å²) >= 11 is 0. The van der Waals surface area contributed by atoms with E-state index in [1.807, 2.05) is 0 Å². The number of carboxylic acids is 2. The zero-order valence-corrected chi connectivity index (χ0v) is 17.9. The summed E-state index contributed by atoms with van der Waals surface area (Å²) < 4.78 is 0. The van der Waals surface area contributed by atoms with Gasteiger partial charge in [-0.25, -0.2) is 9.78 Å². The fourth-order valence-corrected chi connectivity index (χ4v) is 3.30. The number of aliphatic hydroxyl groups is 1. The minimum absolute atomic E-state index is 0.137. The van der Waals surface area contributed by atoms with E-state index in [1.54, 1.807) is 0 Å². The lowest BCUT2D eigenvalue weighted by Crippen LogP contribution is -2.60. The van der Waals surface area contributed by atoms with Crippen molar-refractivity contribution in [2.75, 3.05) is 6.54 Å². The van der Waals surface area contributed by atoms with Gasteiger partial charge in [-0.3, -0.25) is 19.2 Å². The van der Waals surface area contributed by atoms with E-state index in [1.165, 1.54) is 19.4 Å². The van der Waals surface area contributed by atoms with Crippen LogP contribution in [0.2, 0.25) is 0 Å². The van der Waals surface area contributed by atoms with Crippen molar-refractivity contribution >= 4 is 29.7 Å². The van der Waals surface area contributed by atoms with Crippen molar-refractivity contribution in [1.29, 1.82) is 0 Å². The molecule has 0 spiro atoms. The van der Waals surface area contributed by atoms with E-state index >= 15 is 0 Å². The summed E-state index contributed by atoms with van der Waals surface area (Å²) in [6, 6.07) is -4.96. The Morgan fingerprint density at radius 2 is 1.82 bits per heavy atom. The molecule has 14 nitrogen and oxygen atoms in total. The molecule has 0 radical (unpaired) electrons. The van der Waals surface area contributed by atoms with E-state index in [-0.39, 0.29) is 6.42 Å². The quantitative estimate of drug-likeness (QED) is 0.156. The van der Waals surface area contributed by atoms with E-state index in [0.717, 1.165) is 6.42 Å². The number of nitrogens with one attached hydrogen (secondary N) is 5. The summed E-state index contributed by atoms with van der Waals surface area (Å²) in [5.41, 5.74) is 0.424. The molecule has 0 bridgehead atoms. The number of aliphatic carboxylic acids is 2. The molecule has 5 atom stereocenters. The molecule has 182 valence electrons. The van der Waals surface area contributed by atoms with Gasteiger partial charge in [0.15, 0.2) is 0 Å². The Morgan fingerprint density at radius 1 is 1.12 bits per heavy atom. The molecule has 1 aromatic heterocycles. The van der Waals surface area contributed by atoms with Gasteiger partial charge in [-0.2, -0.15) is 0 Å². The number of carboxylic acid groups (broad SMARTS) is 2. The van der Waals surface area contributed by atoms with Crippen molar-refractivity contribution in [3.05, 3.63) is 18.2 Å². The van der Waals surface area contributed by atoms with Crippen LogP contribution in [0.15, 0.2) is 12.5 Å². The summed E-state index contributed by atoms with van der Waals surface area (Å²) in [7, 11) is 0. The normalized spacial score (nSPS) is 19.0. The third-order valence-corrected chi connectivity index (χ3v) is 5.04. The molecule has 1 aliphatic rings. The smallest absolute Gasteiger partial charge is 0.326 e. The van der Waals surface area contributed by atoms with E-state index in [2.05, 4.69) is 31.2 Å². The van der Waals surface area contributed by atoms with E-state index in [0.29, 0.717) is 18.7 Å². The van der Waals surface area contributed by atoms with Crippen LogP contribution in [-0.2, 0) is 30.4 Å². The Morgan fingerprint density at radius 3 is 2.33 bits per heavy atom. The highest BCUT2D eigenvalue weighted by Crippen LogP contribution is 2.07. The van der Waals surface area contributed by atoms with Crippen LogP contribution in [0.5, 0.6) is 0 Å². The van der Waals surface area contributed by atoms with Crippen molar-refractivity contribution in [2.45, 2.75) is 62.9 Å². The number of carbonyl (C=O) groups excluding carboxylic acids is 3. The Bertz CT molecular complexity index is 852. The van der Waals surface area contributed by atoms with Crippen molar-refractivity contribution < 1.29 is 39.3 Å². The van der Waals surface area contributed by atoms with Gasteiger partial charge in [-0.1, -0.05) is 0 Å². The summed E-state index contributed by atoms with van der Waals surface area (Å²) in [6.07, 6.45) is 1.78. The van der Waals surface area contributed by atoms with Crippen molar-refractivity contribution in [3.63, 3.8) is 0 Å². The first-order chi connectivity index (χ1) is 15.6. The van der Waals surface area contributed by atoms with Gasteiger partial charge in [0.2, 0.25) is 17.7 Å². The fraction of sp³-hybridized carbons (Fsp3) is 0.579. The first-order valence-electron chi connectivity index (χ1n) is 10.3. The summed E-state index contributed by atoms with van der Waals surface area (Å²) in [5, 5.41) is 38.0. The fourth-order valence-electron chi connectivity index (χ4n) is 3.30. The molecule has 1 saturated heterocycles. The van der Waals surface area contributed by atoms with Crippen molar-refractivity contribution in [2.24, 2.45) is 0 Å². The van der Waals surface area contributed by atoms with E-state index < -0.39 is 66.4 Å². The lowest BCUT2D eigenvalue weighted by atomic mass is 10.1. The highest BCUT2D eigenvalue weighted by atomic mass is 16.4. The minimum Gasteiger partial charge on any atom is -0.481 e. The van der Waals surface area contributed by atoms with Crippen LogP contribution >= 0.6 is 0 Å². The predicted octanol–water partition coefficient (Wildman–Crippen LogP) is -2.90. The first-order valence-corrected chi connectivity index (χ1v) is 10.3. The molecule has 3 amide bonds. The number of imidazole rings is 1. The highest BCUT2D eigenvalue weighted by Gasteiger charge is 2.34. The van der Waals surface area contributed by atoms with Crippen LogP contribution < -0.4 is 21.3 Å². The van der Waals surface area contributed by atoms with Gasteiger partial charge in [-0.15, -0.1) is 0 Å². The number of aromatic amines is 1. The number of nitrogens with zero attached hydrogens (tertiary/aromatic N) is 1. The summed E-state index contributed by atoms with van der Waals surface area (Å²) in [4.78, 5) is 66.8. The monoisotopic (exact) mass is 468 g/mol. The number of hydrogen-bond acceptors (Lipinski definition) is 8. The van der Waals surface area contributed by atoms with Crippen molar-refractivity contribution in [1.82, 2.24) is 31.2 Å². The maximum absolute atomic E-state index is 12.9. The topological polar surface area (TPSA) is 223 Å². The number of amides is 3. The van der Waals surface area contributed by atoms with Crippen LogP contribution in [0, 0.1) is 0 Å². The number of H-pyrrole nitrogens is 1. The third-order valence-electron chi connectivity index (χ3n) is 5.04. The second kappa shape index (κ2) is 11.9. The second-order valence-corrected chi connectivity index (χ2v) is 7.72. The van der Waals surface area contributed by atoms with Gasteiger partial charge >= 0.3 is 11.9 Å². The molecule has 1 aromatic rings. The molecule has 2 heterocycles. The number of aromatic nitrogens is 2. The van der Waals surface area contributed by atoms with Gasteiger partial charge in [-0.05, 0) is 26.3 Å². The van der Waals surface area contributed by atoms with E-state index in [9.17, 15) is 34.2 Å². The zero-order chi connectivity index (χ0) is 24.5. The molecular formula is C19H28N6O8. The lowest BCUT2D eigenvalue weighted by Gasteiger charge is -2.26. The average Bonchev–Trinajstić information content (AvgIpc) is 3.44. The molecule has 1 fully saturated rings. The lowest BCUT2D eigenvalue weighted by molar-refractivity contribution is -0.147. The maximum atomic E-state index is 12.9. The predicted molar refractivity (Wildman–Crippen MR) is 111 cm³/mol. The highest BCUT2D eigenvalue weighted by molar-refractivity contribution is 5.95. The summed E-state index contributed by atoms with van der Waals surface area (Å²) in [5.74, 6) is -5.30. The van der Waals surface area contributed by atoms with Crippen LogP contribution in [-0.4, -0.2) is 91.8 Å². The number of carbonyl (C=O) groups is 5. The van der Waals surface area contributed by atoms with Gasteiger partial charge in [0.05, 0.1) is 24.9 Å². The maximum Gasteiger partial charge on any atom is 0.326 e. The van der Waals surface area contributed by atoms with Crippen molar-refractivity contribution in [3.8, 4) is 0 Å². The SMILES string of the molecule is CC(O)C(NC(=O)C1CCCN1)C(=O)NC(Cc1cnc[nH]1)C(=O)NC(CC(=O)O)C(=O)O. The Kier molecular flexibility index (Phi) is 9.30. The first kappa shape index (κ1) is 25.7. The molecule has 0 saturated carbocycles. The molecule has 8 N–H and O–H groups in total. The minimum atomic E-state index is -1.73. The Labute approximate surface area is 188 Å². The van der Waals surface area contributed by atoms with Crippen LogP contribution in [0.25, 0.3) is 0 Å².